The Morgan fingerprint density at radius 3 is 2.48 bits per heavy atom. The minimum Gasteiger partial charge on any atom is -0.486 e. The van der Waals surface area contributed by atoms with Crippen molar-refractivity contribution >= 4 is 22.8 Å². The van der Waals surface area contributed by atoms with Crippen LogP contribution < -0.4 is 4.74 Å². The van der Waals surface area contributed by atoms with Gasteiger partial charge in [0.1, 0.15) is 29.5 Å². The molecule has 4 rings (SSSR count). The molecule has 25 heavy (non-hydrogen) atoms. The molecular formula is C19H15ClN4O. The Balaban J connectivity index is 1.56. The second kappa shape index (κ2) is 6.53. The fraction of sp³-hybridized carbons (Fsp3) is 0.105. The second-order valence-electron chi connectivity index (χ2n) is 5.64. The number of aromatic amines is 1. The zero-order valence-electron chi connectivity index (χ0n) is 13.5. The van der Waals surface area contributed by atoms with Crippen LogP contribution in [-0.2, 0) is 0 Å². The Hall–Kier alpha value is -2.92. The Labute approximate surface area is 149 Å². The van der Waals surface area contributed by atoms with E-state index < -0.39 is 0 Å². The van der Waals surface area contributed by atoms with Gasteiger partial charge in [-0.05, 0) is 36.8 Å². The number of aromatic nitrogens is 4. The number of imidazole rings is 1. The third kappa shape index (κ3) is 3.19. The molecule has 0 saturated heterocycles. The predicted molar refractivity (Wildman–Crippen MR) is 97.6 cm³/mol. The zero-order valence-corrected chi connectivity index (χ0v) is 14.2. The van der Waals surface area contributed by atoms with E-state index in [9.17, 15) is 0 Å². The average Bonchev–Trinajstić information content (AvgIpc) is 3.09. The molecule has 1 N–H and O–H groups in total. The standard InChI is InChI=1S/C19H15ClN4O/c1-12(13-5-3-2-4-6-13)25-15-9-7-14(8-10-15)18-23-16-17(20)21-11-22-19(16)24-18/h2-12H,1H3,(H,21,22,23,24). The van der Waals surface area contributed by atoms with Gasteiger partial charge in [-0.3, -0.25) is 0 Å². The van der Waals surface area contributed by atoms with Gasteiger partial charge in [0, 0.05) is 5.56 Å². The fourth-order valence-electron chi connectivity index (χ4n) is 2.62. The van der Waals surface area contributed by atoms with Gasteiger partial charge < -0.3 is 9.72 Å². The molecule has 1 unspecified atom stereocenters. The van der Waals surface area contributed by atoms with Crippen LogP contribution in [0.4, 0.5) is 0 Å². The minimum atomic E-state index is -0.0210. The van der Waals surface area contributed by atoms with Crippen LogP contribution in [0.3, 0.4) is 0 Å². The molecule has 6 heteroatoms. The highest BCUT2D eigenvalue weighted by molar-refractivity contribution is 6.33. The van der Waals surface area contributed by atoms with Gasteiger partial charge in [-0.2, -0.15) is 0 Å². The van der Waals surface area contributed by atoms with Crippen LogP contribution in [0.25, 0.3) is 22.6 Å². The summed E-state index contributed by atoms with van der Waals surface area (Å²) in [5, 5.41) is 0.361. The lowest BCUT2D eigenvalue weighted by Gasteiger charge is -2.15. The summed E-state index contributed by atoms with van der Waals surface area (Å²) in [6.45, 7) is 2.03. The molecule has 1 atom stereocenters. The van der Waals surface area contributed by atoms with E-state index in [1.165, 1.54) is 6.33 Å². The van der Waals surface area contributed by atoms with E-state index in [1.54, 1.807) is 0 Å². The largest absolute Gasteiger partial charge is 0.486 e. The van der Waals surface area contributed by atoms with Crippen LogP contribution in [0.1, 0.15) is 18.6 Å². The Morgan fingerprint density at radius 1 is 1.00 bits per heavy atom. The van der Waals surface area contributed by atoms with E-state index in [2.05, 4.69) is 32.1 Å². The Bertz CT molecular complexity index is 999. The van der Waals surface area contributed by atoms with Crippen LogP contribution in [0.2, 0.25) is 5.15 Å². The van der Waals surface area contributed by atoms with Gasteiger partial charge in [-0.25, -0.2) is 15.0 Å². The maximum Gasteiger partial charge on any atom is 0.182 e. The molecule has 2 heterocycles. The summed E-state index contributed by atoms with van der Waals surface area (Å²) < 4.78 is 6.00. The molecule has 5 nitrogen and oxygen atoms in total. The van der Waals surface area contributed by atoms with E-state index in [0.717, 1.165) is 16.9 Å². The van der Waals surface area contributed by atoms with Crippen molar-refractivity contribution in [3.63, 3.8) is 0 Å². The van der Waals surface area contributed by atoms with Crippen molar-refractivity contribution in [2.75, 3.05) is 0 Å². The van der Waals surface area contributed by atoms with Crippen molar-refractivity contribution in [2.24, 2.45) is 0 Å². The van der Waals surface area contributed by atoms with Crippen LogP contribution in [0, 0.1) is 0 Å². The van der Waals surface area contributed by atoms with Crippen LogP contribution in [0.5, 0.6) is 5.75 Å². The van der Waals surface area contributed by atoms with Crippen LogP contribution in [-0.4, -0.2) is 19.9 Å². The first-order valence-corrected chi connectivity index (χ1v) is 8.27. The highest BCUT2D eigenvalue weighted by Gasteiger charge is 2.11. The molecule has 0 aliphatic carbocycles. The van der Waals surface area contributed by atoms with Gasteiger partial charge in [-0.15, -0.1) is 0 Å². The lowest BCUT2D eigenvalue weighted by atomic mass is 10.1. The Kier molecular flexibility index (Phi) is 4.07. The van der Waals surface area contributed by atoms with Crippen LogP contribution >= 0.6 is 11.6 Å². The number of hydrogen-bond acceptors (Lipinski definition) is 4. The topological polar surface area (TPSA) is 63.7 Å². The number of halogens is 1. The fourth-order valence-corrected chi connectivity index (χ4v) is 2.80. The van der Waals surface area contributed by atoms with E-state index in [-0.39, 0.29) is 6.10 Å². The number of rotatable bonds is 4. The van der Waals surface area contributed by atoms with Crippen molar-refractivity contribution in [1.82, 2.24) is 19.9 Å². The minimum absolute atomic E-state index is 0.0210. The molecule has 0 radical (unpaired) electrons. The zero-order chi connectivity index (χ0) is 17.2. The quantitative estimate of drug-likeness (QED) is 0.536. The number of hydrogen-bond donors (Lipinski definition) is 1. The van der Waals surface area contributed by atoms with Crippen molar-refractivity contribution < 1.29 is 4.74 Å². The molecule has 0 amide bonds. The molecule has 0 spiro atoms. The van der Waals surface area contributed by atoms with Crippen molar-refractivity contribution in [1.29, 1.82) is 0 Å². The molecule has 0 aliphatic heterocycles. The molecular weight excluding hydrogens is 336 g/mol. The second-order valence-corrected chi connectivity index (χ2v) is 6.00. The maximum atomic E-state index is 6.06. The summed E-state index contributed by atoms with van der Waals surface area (Å²) in [7, 11) is 0. The molecule has 2 aromatic heterocycles. The first kappa shape index (κ1) is 15.6. The van der Waals surface area contributed by atoms with Crippen molar-refractivity contribution in [3.8, 4) is 17.1 Å². The van der Waals surface area contributed by atoms with Crippen LogP contribution in [0.15, 0.2) is 60.9 Å². The van der Waals surface area contributed by atoms with Gasteiger partial charge >= 0.3 is 0 Å². The summed E-state index contributed by atoms with van der Waals surface area (Å²) in [6, 6.07) is 17.9. The number of fused-ring (bicyclic) bond motifs is 1. The molecule has 2 aromatic carbocycles. The molecule has 0 bridgehead atoms. The first-order valence-electron chi connectivity index (χ1n) is 7.89. The number of nitrogens with one attached hydrogen (secondary N) is 1. The number of nitrogens with zero attached hydrogens (tertiary/aromatic N) is 3. The molecule has 0 fully saturated rings. The summed E-state index contributed by atoms with van der Waals surface area (Å²) in [4.78, 5) is 15.7. The maximum absolute atomic E-state index is 6.06. The Morgan fingerprint density at radius 2 is 1.76 bits per heavy atom. The summed E-state index contributed by atoms with van der Waals surface area (Å²) in [5.41, 5.74) is 3.25. The molecule has 124 valence electrons. The summed E-state index contributed by atoms with van der Waals surface area (Å²) >= 11 is 6.06. The lowest BCUT2D eigenvalue weighted by Crippen LogP contribution is -2.02. The smallest absolute Gasteiger partial charge is 0.182 e. The predicted octanol–water partition coefficient (Wildman–Crippen LogP) is 4.81. The van der Waals surface area contributed by atoms with E-state index in [1.807, 2.05) is 49.4 Å². The lowest BCUT2D eigenvalue weighted by molar-refractivity contribution is 0.227. The average molecular weight is 351 g/mol. The number of benzene rings is 2. The first-order chi connectivity index (χ1) is 12.2. The molecule has 0 aliphatic rings. The molecule has 4 aromatic rings. The highest BCUT2D eigenvalue weighted by Crippen LogP contribution is 2.26. The van der Waals surface area contributed by atoms with Crippen molar-refractivity contribution in [2.45, 2.75) is 13.0 Å². The van der Waals surface area contributed by atoms with Crippen molar-refractivity contribution in [3.05, 3.63) is 71.6 Å². The van der Waals surface area contributed by atoms with Gasteiger partial charge in [0.15, 0.2) is 10.8 Å². The third-order valence-corrected chi connectivity index (χ3v) is 4.24. The monoisotopic (exact) mass is 350 g/mol. The summed E-state index contributed by atoms with van der Waals surface area (Å²) in [5.74, 6) is 1.49. The van der Waals surface area contributed by atoms with Gasteiger partial charge in [0.2, 0.25) is 0 Å². The highest BCUT2D eigenvalue weighted by atomic mass is 35.5. The van der Waals surface area contributed by atoms with E-state index in [4.69, 9.17) is 16.3 Å². The number of ether oxygens (including phenoxy) is 1. The summed E-state index contributed by atoms with van der Waals surface area (Å²) in [6.07, 6.45) is 1.38. The SMILES string of the molecule is CC(Oc1ccc(-c2nc3ncnc(Cl)c3[nH]2)cc1)c1ccccc1. The normalized spacial score (nSPS) is 12.2. The van der Waals surface area contributed by atoms with E-state index >= 15 is 0 Å². The van der Waals surface area contributed by atoms with Gasteiger partial charge in [-0.1, -0.05) is 41.9 Å². The van der Waals surface area contributed by atoms with E-state index in [0.29, 0.717) is 22.1 Å². The third-order valence-electron chi connectivity index (χ3n) is 3.95. The number of H-pyrrole nitrogens is 1. The molecule has 0 saturated carbocycles. The van der Waals surface area contributed by atoms with Gasteiger partial charge in [0.05, 0.1) is 0 Å². The van der Waals surface area contributed by atoms with Gasteiger partial charge in [0.25, 0.3) is 0 Å².